The molecule has 2 heterocycles. The Bertz CT molecular complexity index is 590. The molecule has 24 heavy (non-hydrogen) atoms. The first-order valence-electron chi connectivity index (χ1n) is 8.75. The van der Waals surface area contributed by atoms with Crippen LogP contribution in [0.2, 0.25) is 0 Å². The smallest absolute Gasteiger partial charge is 0.254 e. The second-order valence-electron chi connectivity index (χ2n) is 6.69. The Balaban J connectivity index is 1.78. The summed E-state index contributed by atoms with van der Waals surface area (Å²) in [7, 11) is 0. The Kier molecular flexibility index (Phi) is 5.36. The number of morpholine rings is 1. The number of benzene rings is 1. The molecule has 2 atom stereocenters. The number of piperidine rings is 1. The lowest BCUT2D eigenvalue weighted by atomic mass is 9.90. The fourth-order valence-corrected chi connectivity index (χ4v) is 3.73. The molecule has 3 rings (SSSR count). The van der Waals surface area contributed by atoms with Crippen molar-refractivity contribution in [3.05, 3.63) is 29.6 Å². The van der Waals surface area contributed by atoms with Gasteiger partial charge in [0.1, 0.15) is 5.82 Å². The van der Waals surface area contributed by atoms with Crippen molar-refractivity contribution in [1.82, 2.24) is 4.90 Å². The minimum Gasteiger partial charge on any atom is -0.378 e. The highest BCUT2D eigenvalue weighted by Gasteiger charge is 2.31. The largest absolute Gasteiger partial charge is 0.378 e. The molecular weight excluding hydrogens is 309 g/mol. The summed E-state index contributed by atoms with van der Waals surface area (Å²) >= 11 is 0. The zero-order valence-electron chi connectivity index (χ0n) is 14.2. The van der Waals surface area contributed by atoms with E-state index in [9.17, 15) is 9.18 Å². The van der Waals surface area contributed by atoms with Crippen LogP contribution in [0.15, 0.2) is 18.2 Å². The molecule has 0 spiro atoms. The second kappa shape index (κ2) is 7.49. The molecule has 1 aromatic rings. The number of anilines is 1. The molecule has 0 aliphatic carbocycles. The fraction of sp³-hybridized carbons (Fsp3) is 0.611. The maximum atomic E-state index is 14.5. The van der Waals surface area contributed by atoms with Crippen molar-refractivity contribution in [3.8, 4) is 0 Å². The molecule has 2 fully saturated rings. The number of halogens is 1. The molecule has 0 unspecified atom stereocenters. The van der Waals surface area contributed by atoms with Gasteiger partial charge in [0.05, 0.1) is 18.9 Å². The highest BCUT2D eigenvalue weighted by Crippen LogP contribution is 2.26. The molecule has 2 aliphatic heterocycles. The Morgan fingerprint density at radius 1 is 1.33 bits per heavy atom. The molecule has 2 aliphatic rings. The number of hydrogen-bond donors (Lipinski definition) is 1. The first kappa shape index (κ1) is 17.2. The van der Waals surface area contributed by atoms with Crippen molar-refractivity contribution in [2.24, 2.45) is 11.7 Å². The van der Waals surface area contributed by atoms with Gasteiger partial charge in [-0.2, -0.15) is 0 Å². The van der Waals surface area contributed by atoms with E-state index in [1.54, 1.807) is 12.1 Å². The van der Waals surface area contributed by atoms with E-state index in [2.05, 4.69) is 6.92 Å². The fourth-order valence-electron chi connectivity index (χ4n) is 3.73. The number of likely N-dealkylation sites (tertiary alicyclic amines) is 1. The number of amides is 1. The molecule has 1 amide bonds. The van der Waals surface area contributed by atoms with E-state index in [0.717, 1.165) is 12.8 Å². The first-order chi connectivity index (χ1) is 11.6. The van der Waals surface area contributed by atoms with Gasteiger partial charge in [0.2, 0.25) is 0 Å². The maximum absolute atomic E-state index is 14.5. The maximum Gasteiger partial charge on any atom is 0.254 e. The molecule has 0 saturated carbocycles. The summed E-state index contributed by atoms with van der Waals surface area (Å²) in [6, 6.07) is 4.83. The van der Waals surface area contributed by atoms with E-state index < -0.39 is 0 Å². The number of carbonyl (C=O) groups is 1. The Hall–Kier alpha value is -1.66. The average Bonchev–Trinajstić information content (AvgIpc) is 2.61. The summed E-state index contributed by atoms with van der Waals surface area (Å²) < 4.78 is 19.8. The molecule has 132 valence electrons. The number of rotatable bonds is 3. The van der Waals surface area contributed by atoms with Crippen LogP contribution in [-0.4, -0.2) is 56.2 Å². The van der Waals surface area contributed by atoms with Crippen molar-refractivity contribution in [2.75, 3.05) is 44.3 Å². The highest BCUT2D eigenvalue weighted by molar-refractivity contribution is 5.95. The van der Waals surface area contributed by atoms with Crippen LogP contribution in [0.4, 0.5) is 10.1 Å². The minimum atomic E-state index is -0.350. The lowest BCUT2D eigenvalue weighted by Crippen LogP contribution is -2.51. The summed E-state index contributed by atoms with van der Waals surface area (Å²) in [6.45, 7) is 5.80. The molecule has 0 aromatic heterocycles. The van der Waals surface area contributed by atoms with Gasteiger partial charge in [-0.15, -0.1) is 0 Å². The Labute approximate surface area is 142 Å². The van der Waals surface area contributed by atoms with Crippen molar-refractivity contribution in [3.63, 3.8) is 0 Å². The monoisotopic (exact) mass is 335 g/mol. The van der Waals surface area contributed by atoms with Crippen LogP contribution in [-0.2, 0) is 4.74 Å². The van der Waals surface area contributed by atoms with E-state index in [1.165, 1.54) is 6.07 Å². The van der Waals surface area contributed by atoms with E-state index in [0.29, 0.717) is 56.6 Å². The predicted molar refractivity (Wildman–Crippen MR) is 91.7 cm³/mol. The van der Waals surface area contributed by atoms with Gasteiger partial charge in [0.15, 0.2) is 0 Å². The number of carbonyl (C=O) groups excluding carboxylic acids is 1. The molecular formula is C18H26FN3O2. The molecule has 0 radical (unpaired) electrons. The van der Waals surface area contributed by atoms with Crippen LogP contribution in [0, 0.1) is 11.7 Å². The minimum absolute atomic E-state index is 0.0354. The van der Waals surface area contributed by atoms with Gasteiger partial charge in [0, 0.05) is 37.8 Å². The molecule has 5 nitrogen and oxygen atoms in total. The van der Waals surface area contributed by atoms with E-state index in [1.807, 2.05) is 9.80 Å². The van der Waals surface area contributed by atoms with Crippen molar-refractivity contribution >= 4 is 11.6 Å². The van der Waals surface area contributed by atoms with E-state index >= 15 is 0 Å². The van der Waals surface area contributed by atoms with Crippen LogP contribution >= 0.6 is 0 Å². The number of nitrogens with zero attached hydrogens (tertiary/aromatic N) is 2. The Morgan fingerprint density at radius 3 is 2.75 bits per heavy atom. The highest BCUT2D eigenvalue weighted by atomic mass is 19.1. The summed E-state index contributed by atoms with van der Waals surface area (Å²) in [5.74, 6) is -0.0910. The number of ether oxygens (including phenoxy) is 1. The van der Waals surface area contributed by atoms with Gasteiger partial charge in [-0.25, -0.2) is 4.39 Å². The molecule has 0 bridgehead atoms. The van der Waals surface area contributed by atoms with Crippen molar-refractivity contribution in [1.29, 1.82) is 0 Å². The van der Waals surface area contributed by atoms with Crippen LogP contribution < -0.4 is 10.6 Å². The SMILES string of the molecule is C[C@@H]1CCCN(C(=O)c2ccc(N3CCOCC3)c(F)c2)[C@H]1CN. The standard InChI is InChI=1S/C18H26FN3O2/c1-13-3-2-6-22(17(13)12-20)18(23)14-4-5-16(15(19)11-14)21-7-9-24-10-8-21/h4-5,11,13,17H,2-3,6-10,12,20H2,1H3/t13-,17+/m1/s1. The number of nitrogens with two attached hydrogens (primary N) is 1. The Morgan fingerprint density at radius 2 is 2.08 bits per heavy atom. The summed E-state index contributed by atoms with van der Waals surface area (Å²) in [5.41, 5.74) is 6.80. The van der Waals surface area contributed by atoms with Gasteiger partial charge in [-0.3, -0.25) is 4.79 Å². The number of hydrogen-bond acceptors (Lipinski definition) is 4. The van der Waals surface area contributed by atoms with Crippen LogP contribution in [0.25, 0.3) is 0 Å². The lowest BCUT2D eigenvalue weighted by molar-refractivity contribution is 0.0532. The third kappa shape index (κ3) is 3.39. The van der Waals surface area contributed by atoms with Crippen LogP contribution in [0.3, 0.4) is 0 Å². The van der Waals surface area contributed by atoms with Gasteiger partial charge < -0.3 is 20.3 Å². The first-order valence-corrected chi connectivity index (χ1v) is 8.75. The quantitative estimate of drug-likeness (QED) is 0.916. The molecule has 2 N–H and O–H groups in total. The summed E-state index contributed by atoms with van der Waals surface area (Å²) in [5, 5.41) is 0. The zero-order valence-corrected chi connectivity index (χ0v) is 14.2. The van der Waals surface area contributed by atoms with Crippen LogP contribution in [0.5, 0.6) is 0 Å². The van der Waals surface area contributed by atoms with Gasteiger partial charge in [0.25, 0.3) is 5.91 Å². The van der Waals surface area contributed by atoms with Gasteiger partial charge in [-0.05, 0) is 37.0 Å². The van der Waals surface area contributed by atoms with E-state index in [-0.39, 0.29) is 17.8 Å². The van der Waals surface area contributed by atoms with Crippen molar-refractivity contribution < 1.29 is 13.9 Å². The van der Waals surface area contributed by atoms with Gasteiger partial charge in [-0.1, -0.05) is 6.92 Å². The summed E-state index contributed by atoms with van der Waals surface area (Å²) in [4.78, 5) is 16.6. The third-order valence-electron chi connectivity index (χ3n) is 5.16. The normalized spacial score (nSPS) is 25.0. The second-order valence-corrected chi connectivity index (χ2v) is 6.69. The topological polar surface area (TPSA) is 58.8 Å². The van der Waals surface area contributed by atoms with Crippen molar-refractivity contribution in [2.45, 2.75) is 25.8 Å². The zero-order chi connectivity index (χ0) is 17.1. The average molecular weight is 335 g/mol. The van der Waals surface area contributed by atoms with Crippen LogP contribution in [0.1, 0.15) is 30.1 Å². The van der Waals surface area contributed by atoms with E-state index in [4.69, 9.17) is 10.5 Å². The third-order valence-corrected chi connectivity index (χ3v) is 5.16. The molecule has 1 aromatic carbocycles. The molecule has 2 saturated heterocycles. The predicted octanol–water partition coefficient (Wildman–Crippen LogP) is 1.86. The molecule has 6 heteroatoms. The van der Waals surface area contributed by atoms with Gasteiger partial charge >= 0.3 is 0 Å². The lowest BCUT2D eigenvalue weighted by Gasteiger charge is -2.39. The summed E-state index contributed by atoms with van der Waals surface area (Å²) in [6.07, 6.45) is 2.05.